The van der Waals surface area contributed by atoms with Crippen LogP contribution in [-0.2, 0) is 6.18 Å². The van der Waals surface area contributed by atoms with Crippen molar-refractivity contribution < 1.29 is 13.2 Å². The summed E-state index contributed by atoms with van der Waals surface area (Å²) in [5.41, 5.74) is 1.13. The summed E-state index contributed by atoms with van der Waals surface area (Å²) >= 11 is 3.37. The second-order valence-corrected chi connectivity index (χ2v) is 5.31. The van der Waals surface area contributed by atoms with E-state index in [1.165, 1.54) is 6.07 Å². The van der Waals surface area contributed by atoms with Gasteiger partial charge in [0, 0.05) is 10.2 Å². The van der Waals surface area contributed by atoms with Gasteiger partial charge in [0.25, 0.3) is 0 Å². The van der Waals surface area contributed by atoms with Gasteiger partial charge in [-0.3, -0.25) is 0 Å². The van der Waals surface area contributed by atoms with Crippen LogP contribution in [0.15, 0.2) is 40.9 Å². The highest BCUT2D eigenvalue weighted by atomic mass is 79.9. The van der Waals surface area contributed by atoms with Crippen molar-refractivity contribution in [3.63, 3.8) is 0 Å². The first-order valence-corrected chi connectivity index (χ1v) is 6.75. The Labute approximate surface area is 128 Å². The van der Waals surface area contributed by atoms with Gasteiger partial charge in [-0.1, -0.05) is 15.9 Å². The Morgan fingerprint density at radius 3 is 2.43 bits per heavy atom. The van der Waals surface area contributed by atoms with Crippen molar-refractivity contribution in [3.05, 3.63) is 57.6 Å². The lowest BCUT2D eigenvalue weighted by molar-refractivity contribution is -0.137. The Morgan fingerprint density at radius 1 is 1.14 bits per heavy atom. The number of hydrogen-bond acceptors (Lipinski definition) is 2. The minimum Gasteiger partial charge on any atom is -0.354 e. The van der Waals surface area contributed by atoms with Crippen LogP contribution in [0.1, 0.15) is 16.7 Å². The highest BCUT2D eigenvalue weighted by Gasteiger charge is 2.31. The highest BCUT2D eigenvalue weighted by Crippen LogP contribution is 2.32. The van der Waals surface area contributed by atoms with E-state index in [-0.39, 0.29) is 5.56 Å². The lowest BCUT2D eigenvalue weighted by Crippen LogP contribution is -2.06. The number of anilines is 2. The van der Waals surface area contributed by atoms with Crippen molar-refractivity contribution >= 4 is 27.3 Å². The van der Waals surface area contributed by atoms with E-state index in [9.17, 15) is 13.2 Å². The minimum absolute atomic E-state index is 0.0506. The zero-order chi connectivity index (χ0) is 15.6. The summed E-state index contributed by atoms with van der Waals surface area (Å²) < 4.78 is 38.8. The summed E-state index contributed by atoms with van der Waals surface area (Å²) in [7, 11) is 0. The van der Waals surface area contributed by atoms with Gasteiger partial charge in [-0.05, 0) is 48.9 Å². The third-order valence-corrected chi connectivity index (χ3v) is 3.79. The lowest BCUT2D eigenvalue weighted by atomic mass is 10.1. The molecule has 0 spiro atoms. The molecule has 0 radical (unpaired) electrons. The number of hydrogen-bond donors (Lipinski definition) is 1. The molecule has 0 saturated carbocycles. The standard InChI is InChI=1S/C15H10BrF3N2/c1-9-6-12(3-4-13(9)16)21-14-5-2-11(15(17,18)19)7-10(14)8-20/h2-7,21H,1H3. The number of aryl methyl sites for hydroxylation is 1. The van der Waals surface area contributed by atoms with E-state index in [1.807, 2.05) is 19.1 Å². The SMILES string of the molecule is Cc1cc(Nc2ccc(C(F)(F)F)cc2C#N)ccc1Br. The van der Waals surface area contributed by atoms with Crippen LogP contribution in [0.25, 0.3) is 0 Å². The molecule has 0 fully saturated rings. The van der Waals surface area contributed by atoms with Crippen molar-refractivity contribution in [2.75, 3.05) is 5.32 Å². The molecule has 2 nitrogen and oxygen atoms in total. The normalized spacial score (nSPS) is 11.0. The van der Waals surface area contributed by atoms with Crippen molar-refractivity contribution in [1.82, 2.24) is 0 Å². The zero-order valence-electron chi connectivity index (χ0n) is 10.9. The van der Waals surface area contributed by atoms with Gasteiger partial charge in [-0.15, -0.1) is 0 Å². The molecule has 2 rings (SSSR count). The molecular weight excluding hydrogens is 345 g/mol. The summed E-state index contributed by atoms with van der Waals surface area (Å²) in [5.74, 6) is 0. The number of nitriles is 1. The summed E-state index contributed by atoms with van der Waals surface area (Å²) in [6.45, 7) is 1.90. The van der Waals surface area contributed by atoms with Gasteiger partial charge in [0.2, 0.25) is 0 Å². The van der Waals surface area contributed by atoms with Gasteiger partial charge in [0.1, 0.15) is 6.07 Å². The molecule has 2 aromatic rings. The maximum atomic E-state index is 12.6. The summed E-state index contributed by atoms with van der Waals surface area (Å²) in [6, 6.07) is 10.3. The van der Waals surface area contributed by atoms with Crippen LogP contribution in [0.2, 0.25) is 0 Å². The van der Waals surface area contributed by atoms with E-state index in [4.69, 9.17) is 5.26 Å². The molecule has 0 bridgehead atoms. The summed E-state index contributed by atoms with van der Waals surface area (Å²) in [5, 5.41) is 12.0. The first-order valence-electron chi connectivity index (χ1n) is 5.96. The fourth-order valence-electron chi connectivity index (χ4n) is 1.80. The van der Waals surface area contributed by atoms with Crippen LogP contribution in [0.3, 0.4) is 0 Å². The molecule has 21 heavy (non-hydrogen) atoms. The lowest BCUT2D eigenvalue weighted by Gasteiger charge is -2.12. The molecule has 0 aliphatic carbocycles. The van der Waals surface area contributed by atoms with Crippen LogP contribution in [0.5, 0.6) is 0 Å². The predicted molar refractivity (Wildman–Crippen MR) is 78.3 cm³/mol. The fourth-order valence-corrected chi connectivity index (χ4v) is 2.05. The third kappa shape index (κ3) is 3.56. The average Bonchev–Trinajstić information content (AvgIpc) is 2.42. The highest BCUT2D eigenvalue weighted by molar-refractivity contribution is 9.10. The molecule has 0 heterocycles. The van der Waals surface area contributed by atoms with E-state index in [2.05, 4.69) is 21.2 Å². The van der Waals surface area contributed by atoms with Crippen LogP contribution in [-0.4, -0.2) is 0 Å². The largest absolute Gasteiger partial charge is 0.416 e. The van der Waals surface area contributed by atoms with Gasteiger partial charge in [-0.2, -0.15) is 18.4 Å². The number of alkyl halides is 3. The quantitative estimate of drug-likeness (QED) is 0.784. The Bertz CT molecular complexity index is 718. The molecule has 108 valence electrons. The topological polar surface area (TPSA) is 35.8 Å². The molecule has 0 amide bonds. The smallest absolute Gasteiger partial charge is 0.354 e. The molecule has 1 N–H and O–H groups in total. The van der Waals surface area contributed by atoms with E-state index < -0.39 is 11.7 Å². The van der Waals surface area contributed by atoms with Gasteiger partial charge in [-0.25, -0.2) is 0 Å². The Balaban J connectivity index is 2.36. The molecule has 0 aromatic heterocycles. The average molecular weight is 355 g/mol. The van der Waals surface area contributed by atoms with Gasteiger partial charge < -0.3 is 5.32 Å². The number of rotatable bonds is 2. The van der Waals surface area contributed by atoms with E-state index in [1.54, 1.807) is 12.1 Å². The van der Waals surface area contributed by atoms with Crippen LogP contribution in [0, 0.1) is 18.3 Å². The third-order valence-electron chi connectivity index (χ3n) is 2.90. The monoisotopic (exact) mass is 354 g/mol. The minimum atomic E-state index is -4.46. The fraction of sp³-hybridized carbons (Fsp3) is 0.133. The van der Waals surface area contributed by atoms with Crippen LogP contribution < -0.4 is 5.32 Å². The zero-order valence-corrected chi connectivity index (χ0v) is 12.5. The van der Waals surface area contributed by atoms with Crippen molar-refractivity contribution in [2.24, 2.45) is 0 Å². The molecule has 6 heteroatoms. The first-order chi connectivity index (χ1) is 9.81. The van der Waals surface area contributed by atoms with Crippen LogP contribution >= 0.6 is 15.9 Å². The molecular formula is C15H10BrF3N2. The molecule has 0 unspecified atom stereocenters. The number of benzene rings is 2. The Morgan fingerprint density at radius 2 is 1.86 bits per heavy atom. The van der Waals surface area contributed by atoms with Crippen LogP contribution in [0.4, 0.5) is 24.5 Å². The Kier molecular flexibility index (Phi) is 4.24. The maximum absolute atomic E-state index is 12.6. The first kappa shape index (κ1) is 15.4. The van der Waals surface area contributed by atoms with Gasteiger partial charge in [0.05, 0.1) is 16.8 Å². The summed E-state index contributed by atoms with van der Waals surface area (Å²) in [4.78, 5) is 0. The van der Waals surface area contributed by atoms with Gasteiger partial charge in [0.15, 0.2) is 0 Å². The van der Waals surface area contributed by atoms with E-state index >= 15 is 0 Å². The second kappa shape index (κ2) is 5.78. The summed E-state index contributed by atoms with van der Waals surface area (Å²) in [6.07, 6.45) is -4.46. The second-order valence-electron chi connectivity index (χ2n) is 4.46. The van der Waals surface area contributed by atoms with E-state index in [0.717, 1.165) is 22.2 Å². The molecule has 2 aromatic carbocycles. The number of nitrogens with one attached hydrogen (secondary N) is 1. The predicted octanol–water partition coefficient (Wildman–Crippen LogP) is 5.39. The maximum Gasteiger partial charge on any atom is 0.416 e. The Hall–Kier alpha value is -2.00. The molecule has 0 aliphatic rings. The van der Waals surface area contributed by atoms with E-state index in [0.29, 0.717) is 11.4 Å². The van der Waals surface area contributed by atoms with Crippen molar-refractivity contribution in [3.8, 4) is 6.07 Å². The number of nitrogens with zero attached hydrogens (tertiary/aromatic N) is 1. The van der Waals surface area contributed by atoms with Gasteiger partial charge >= 0.3 is 6.18 Å². The molecule has 0 atom stereocenters. The van der Waals surface area contributed by atoms with Crippen molar-refractivity contribution in [1.29, 1.82) is 5.26 Å². The van der Waals surface area contributed by atoms with Crippen molar-refractivity contribution in [2.45, 2.75) is 13.1 Å². The molecule has 0 saturated heterocycles. The number of halogens is 4. The molecule has 0 aliphatic heterocycles.